The van der Waals surface area contributed by atoms with Crippen LogP contribution in [0.5, 0.6) is 5.75 Å². The van der Waals surface area contributed by atoms with Crippen LogP contribution in [-0.4, -0.2) is 21.6 Å². The SMILES string of the molecule is C[C@@H](CNC(c1ccccc1)(c1ccccc1)c1ccccc1)C(=O)Oc1ccccc1-n1c(=O)n(C2CC2)c2ccc(Cl)cc21. The maximum Gasteiger partial charge on any atom is 0.334 e. The Labute approximate surface area is 272 Å². The van der Waals surface area contributed by atoms with E-state index in [9.17, 15) is 9.59 Å². The molecule has 5 aromatic carbocycles. The average molecular weight is 628 g/mol. The van der Waals surface area contributed by atoms with Crippen molar-refractivity contribution in [3.05, 3.63) is 166 Å². The number of hydrogen-bond donors (Lipinski definition) is 1. The lowest BCUT2D eigenvalue weighted by Crippen LogP contribution is -2.47. The molecule has 1 aliphatic carbocycles. The number of para-hydroxylation sites is 2. The fourth-order valence-corrected chi connectivity index (χ4v) is 6.48. The third-order valence-corrected chi connectivity index (χ3v) is 9.00. The van der Waals surface area contributed by atoms with E-state index < -0.39 is 17.4 Å². The molecule has 0 spiro atoms. The lowest BCUT2D eigenvalue weighted by atomic mass is 9.76. The first-order valence-corrected chi connectivity index (χ1v) is 16.0. The molecule has 7 heteroatoms. The van der Waals surface area contributed by atoms with Crippen LogP contribution in [0.4, 0.5) is 0 Å². The minimum atomic E-state index is -0.715. The summed E-state index contributed by atoms with van der Waals surface area (Å²) >= 11 is 6.39. The van der Waals surface area contributed by atoms with Crippen LogP contribution in [0.15, 0.2) is 138 Å². The standard InChI is InChI=1S/C39H34ClN3O3/c1-27(26-41-39(28-13-5-2-6-14-28,29-15-7-3-8-16-29)30-17-9-4-10-18-30)37(44)46-36-20-12-11-19-34(36)43-35-25-31(40)21-24-33(35)42(38(43)45)32-22-23-32/h2-21,24-25,27,32,41H,22-23,26H2,1H3/t27-/m0/s1. The van der Waals surface area contributed by atoms with E-state index in [0.717, 1.165) is 35.0 Å². The van der Waals surface area contributed by atoms with Gasteiger partial charge < -0.3 is 4.74 Å². The van der Waals surface area contributed by atoms with E-state index in [0.29, 0.717) is 28.5 Å². The van der Waals surface area contributed by atoms with Crippen molar-refractivity contribution in [2.24, 2.45) is 5.92 Å². The Kier molecular flexibility index (Phi) is 8.07. The van der Waals surface area contributed by atoms with E-state index in [2.05, 4.69) is 41.7 Å². The highest BCUT2D eigenvalue weighted by atomic mass is 35.5. The van der Waals surface area contributed by atoms with Crippen molar-refractivity contribution >= 4 is 28.6 Å². The summed E-state index contributed by atoms with van der Waals surface area (Å²) in [5, 5.41) is 4.31. The number of fused-ring (bicyclic) bond motifs is 1. The number of carbonyl (C=O) groups excluding carboxylic acids is 1. The topological polar surface area (TPSA) is 65.3 Å². The maximum atomic E-state index is 13.8. The van der Waals surface area contributed by atoms with E-state index >= 15 is 0 Å². The number of esters is 1. The van der Waals surface area contributed by atoms with Gasteiger partial charge in [0.05, 0.1) is 28.2 Å². The van der Waals surface area contributed by atoms with Gasteiger partial charge in [0.2, 0.25) is 0 Å². The monoisotopic (exact) mass is 627 g/mol. The number of hydrogen-bond acceptors (Lipinski definition) is 4. The van der Waals surface area contributed by atoms with Crippen molar-refractivity contribution in [2.45, 2.75) is 31.3 Å². The first-order valence-electron chi connectivity index (χ1n) is 15.6. The predicted octanol–water partition coefficient (Wildman–Crippen LogP) is 7.90. The van der Waals surface area contributed by atoms with Crippen LogP contribution >= 0.6 is 11.6 Å². The second kappa shape index (κ2) is 12.5. The van der Waals surface area contributed by atoms with E-state index in [-0.39, 0.29) is 11.7 Å². The third-order valence-electron chi connectivity index (χ3n) is 8.76. The second-order valence-corrected chi connectivity index (χ2v) is 12.3. The minimum Gasteiger partial charge on any atom is -0.424 e. The van der Waals surface area contributed by atoms with E-state index in [1.54, 1.807) is 34.9 Å². The summed E-state index contributed by atoms with van der Waals surface area (Å²) < 4.78 is 9.52. The molecule has 1 heterocycles. The van der Waals surface area contributed by atoms with Crippen LogP contribution in [0.25, 0.3) is 16.7 Å². The van der Waals surface area contributed by atoms with E-state index in [1.807, 2.05) is 78.2 Å². The first-order chi connectivity index (χ1) is 22.5. The molecular weight excluding hydrogens is 594 g/mol. The molecule has 1 saturated carbocycles. The molecule has 0 amide bonds. The number of ether oxygens (including phenoxy) is 1. The molecule has 1 N–H and O–H groups in total. The molecule has 0 unspecified atom stereocenters. The van der Waals surface area contributed by atoms with Crippen LogP contribution < -0.4 is 15.7 Å². The van der Waals surface area contributed by atoms with Crippen LogP contribution in [0.2, 0.25) is 5.02 Å². The Hall–Kier alpha value is -4.91. The van der Waals surface area contributed by atoms with Gasteiger partial charge in [0, 0.05) is 17.6 Å². The quantitative estimate of drug-likeness (QED) is 0.0952. The Morgan fingerprint density at radius 2 is 1.35 bits per heavy atom. The van der Waals surface area contributed by atoms with Gasteiger partial charge in [-0.1, -0.05) is 122 Å². The zero-order valence-electron chi connectivity index (χ0n) is 25.5. The van der Waals surface area contributed by atoms with Crippen LogP contribution in [-0.2, 0) is 10.3 Å². The minimum absolute atomic E-state index is 0.164. The fourth-order valence-electron chi connectivity index (χ4n) is 6.31. The summed E-state index contributed by atoms with van der Waals surface area (Å²) in [4.78, 5) is 27.6. The Morgan fingerprint density at radius 3 is 1.91 bits per heavy atom. The van der Waals surface area contributed by atoms with Crippen LogP contribution in [0.3, 0.4) is 0 Å². The van der Waals surface area contributed by atoms with Gasteiger partial charge in [-0.2, -0.15) is 0 Å². The molecule has 6 aromatic rings. The van der Waals surface area contributed by atoms with Crippen molar-refractivity contribution < 1.29 is 9.53 Å². The van der Waals surface area contributed by atoms with Gasteiger partial charge in [0.1, 0.15) is 0 Å². The molecule has 46 heavy (non-hydrogen) atoms. The van der Waals surface area contributed by atoms with Gasteiger partial charge >= 0.3 is 11.7 Å². The second-order valence-electron chi connectivity index (χ2n) is 11.9. The summed E-state index contributed by atoms with van der Waals surface area (Å²) in [6, 6.07) is 43.6. The van der Waals surface area contributed by atoms with Crippen LogP contribution in [0, 0.1) is 5.92 Å². The summed E-state index contributed by atoms with van der Waals surface area (Å²) in [5.41, 5.74) is 4.29. The summed E-state index contributed by atoms with van der Waals surface area (Å²) in [6.45, 7) is 2.19. The molecule has 6 nitrogen and oxygen atoms in total. The lowest BCUT2D eigenvalue weighted by molar-refractivity contribution is -0.138. The number of nitrogens with zero attached hydrogens (tertiary/aromatic N) is 2. The number of nitrogens with one attached hydrogen (secondary N) is 1. The Morgan fingerprint density at radius 1 is 0.804 bits per heavy atom. The van der Waals surface area contributed by atoms with Gasteiger partial charge in [-0.15, -0.1) is 0 Å². The molecule has 1 aliphatic rings. The highest BCUT2D eigenvalue weighted by Gasteiger charge is 2.37. The third kappa shape index (κ3) is 5.44. The normalized spacial score (nSPS) is 13.9. The number of halogens is 1. The van der Waals surface area contributed by atoms with Gasteiger partial charge in [0.15, 0.2) is 5.75 Å². The highest BCUT2D eigenvalue weighted by molar-refractivity contribution is 6.31. The van der Waals surface area contributed by atoms with Crippen molar-refractivity contribution in [2.75, 3.05) is 6.54 Å². The van der Waals surface area contributed by atoms with Crippen molar-refractivity contribution in [3.8, 4) is 11.4 Å². The first kappa shape index (κ1) is 29.8. The van der Waals surface area contributed by atoms with Crippen molar-refractivity contribution in [1.82, 2.24) is 14.5 Å². The molecular formula is C39H34ClN3O3. The number of rotatable bonds is 10. The van der Waals surface area contributed by atoms with Gasteiger partial charge in [0.25, 0.3) is 0 Å². The van der Waals surface area contributed by atoms with E-state index in [1.165, 1.54) is 0 Å². The van der Waals surface area contributed by atoms with Gasteiger partial charge in [-0.25, -0.2) is 4.79 Å². The summed E-state index contributed by atoms with van der Waals surface area (Å²) in [6.07, 6.45) is 1.92. The largest absolute Gasteiger partial charge is 0.424 e. The molecule has 0 bridgehead atoms. The van der Waals surface area contributed by atoms with Crippen molar-refractivity contribution in [1.29, 1.82) is 0 Å². The van der Waals surface area contributed by atoms with Crippen molar-refractivity contribution in [3.63, 3.8) is 0 Å². The van der Waals surface area contributed by atoms with Gasteiger partial charge in [-0.3, -0.25) is 19.2 Å². The maximum absolute atomic E-state index is 13.8. The summed E-state index contributed by atoms with van der Waals surface area (Å²) in [5.74, 6) is -0.612. The Bertz CT molecular complexity index is 1950. The molecule has 0 saturated heterocycles. The highest BCUT2D eigenvalue weighted by Crippen LogP contribution is 2.39. The molecule has 230 valence electrons. The van der Waals surface area contributed by atoms with E-state index in [4.69, 9.17) is 16.3 Å². The average Bonchev–Trinajstić information content (AvgIpc) is 3.89. The fraction of sp³-hybridized carbons (Fsp3) is 0.179. The smallest absolute Gasteiger partial charge is 0.334 e. The molecule has 1 aromatic heterocycles. The summed E-state index contributed by atoms with van der Waals surface area (Å²) in [7, 11) is 0. The molecule has 0 radical (unpaired) electrons. The molecule has 1 atom stereocenters. The Balaban J connectivity index is 1.21. The lowest BCUT2D eigenvalue weighted by Gasteiger charge is -2.37. The van der Waals surface area contributed by atoms with Crippen LogP contribution in [0.1, 0.15) is 42.5 Å². The molecule has 0 aliphatic heterocycles. The number of benzene rings is 5. The molecule has 7 rings (SSSR count). The number of imidazole rings is 1. The van der Waals surface area contributed by atoms with Gasteiger partial charge in [-0.05, 0) is 59.9 Å². The number of carbonyl (C=O) groups is 1. The number of aromatic nitrogens is 2. The molecule has 1 fully saturated rings. The predicted molar refractivity (Wildman–Crippen MR) is 183 cm³/mol. The zero-order chi connectivity index (χ0) is 31.7. The zero-order valence-corrected chi connectivity index (χ0v) is 26.2.